The van der Waals surface area contributed by atoms with E-state index >= 15 is 0 Å². The summed E-state index contributed by atoms with van der Waals surface area (Å²) >= 11 is 7.59. The number of hydrazone groups is 1. The number of carbonyl (C=O) groups excluding carboxylic acids is 1. The number of aliphatic carboxylic acids is 1. The van der Waals surface area contributed by atoms with Crippen LogP contribution in [0.1, 0.15) is 16.1 Å². The number of ether oxygens (including phenoxy) is 1. The highest BCUT2D eigenvalue weighted by atomic mass is 127. The third-order valence-electron chi connectivity index (χ3n) is 3.45. The van der Waals surface area contributed by atoms with Crippen LogP contribution < -0.4 is 10.2 Å². The minimum Gasteiger partial charge on any atom is -0.481 e. The van der Waals surface area contributed by atoms with Crippen molar-refractivity contribution in [2.45, 2.75) is 0 Å². The second-order valence-electron chi connectivity index (χ2n) is 5.49. The lowest BCUT2D eigenvalue weighted by Gasteiger charge is -2.06. The largest absolute Gasteiger partial charge is 0.481 e. The van der Waals surface area contributed by atoms with Gasteiger partial charge >= 0.3 is 11.9 Å². The molecular weight excluding hydrogens is 658 g/mol. The van der Waals surface area contributed by atoms with Gasteiger partial charge in [0.05, 0.1) is 13.4 Å². The van der Waals surface area contributed by atoms with Crippen molar-refractivity contribution in [1.82, 2.24) is 5.43 Å². The van der Waals surface area contributed by atoms with Crippen LogP contribution in [0.2, 0.25) is 0 Å². The highest BCUT2D eigenvalue weighted by Gasteiger charge is 2.14. The SMILES string of the molecule is O=C(O)COc1ccc(/C=N\NC(=O)c2cc3cc(Br)cc(I)c3o2)cc1I. The molecule has 1 amide bonds. The Hall–Kier alpha value is -1.67. The Kier molecular flexibility index (Phi) is 6.93. The highest BCUT2D eigenvalue weighted by Crippen LogP contribution is 2.28. The standard InChI is InChI=1S/C18H11BrI2N2O5/c19-11-4-10-5-15(28-17(10)13(21)6-11)18(26)23-22-7-9-1-2-14(12(20)3-9)27-8-16(24)25/h1-7H,8H2,(H,23,26)(H,24,25)/b22-7-. The number of fused-ring (bicyclic) bond motifs is 1. The number of halogens is 3. The van der Waals surface area contributed by atoms with E-state index < -0.39 is 18.5 Å². The zero-order chi connectivity index (χ0) is 20.3. The molecule has 0 fully saturated rings. The first-order valence-electron chi connectivity index (χ1n) is 7.69. The molecule has 0 radical (unpaired) electrons. The van der Waals surface area contributed by atoms with E-state index in [1.54, 1.807) is 24.3 Å². The molecule has 3 aromatic rings. The van der Waals surface area contributed by atoms with E-state index in [1.165, 1.54) is 6.21 Å². The minimum absolute atomic E-state index is 0.162. The van der Waals surface area contributed by atoms with Crippen molar-refractivity contribution in [3.8, 4) is 5.75 Å². The number of carbonyl (C=O) groups is 2. The minimum atomic E-state index is -1.04. The predicted molar refractivity (Wildman–Crippen MR) is 124 cm³/mol. The molecule has 0 unspecified atom stereocenters. The van der Waals surface area contributed by atoms with Gasteiger partial charge in [-0.3, -0.25) is 4.79 Å². The number of benzene rings is 2. The first-order chi connectivity index (χ1) is 13.3. The number of amides is 1. The number of furan rings is 1. The summed E-state index contributed by atoms with van der Waals surface area (Å²) in [5, 5.41) is 13.4. The molecule has 0 saturated carbocycles. The van der Waals surface area contributed by atoms with Gasteiger partial charge in [-0.1, -0.05) is 15.9 Å². The molecule has 0 spiro atoms. The van der Waals surface area contributed by atoms with Crippen LogP contribution in [0.25, 0.3) is 11.0 Å². The smallest absolute Gasteiger partial charge is 0.341 e. The van der Waals surface area contributed by atoms with Gasteiger partial charge in [0.15, 0.2) is 12.4 Å². The van der Waals surface area contributed by atoms with Crippen LogP contribution in [0, 0.1) is 7.14 Å². The number of nitrogens with zero attached hydrogens (tertiary/aromatic N) is 1. The summed E-state index contributed by atoms with van der Waals surface area (Å²) in [4.78, 5) is 22.8. The van der Waals surface area contributed by atoms with Crippen LogP contribution >= 0.6 is 61.1 Å². The lowest BCUT2D eigenvalue weighted by molar-refractivity contribution is -0.139. The van der Waals surface area contributed by atoms with Gasteiger partial charge in [-0.15, -0.1) is 0 Å². The maximum atomic E-state index is 12.3. The van der Waals surface area contributed by atoms with Crippen LogP contribution in [-0.2, 0) is 4.79 Å². The summed E-state index contributed by atoms with van der Waals surface area (Å²) in [6.45, 7) is -0.410. The Balaban J connectivity index is 1.67. The van der Waals surface area contributed by atoms with Crippen molar-refractivity contribution in [3.05, 3.63) is 59.3 Å². The molecule has 0 bridgehead atoms. The summed E-state index contributed by atoms with van der Waals surface area (Å²) in [6, 6.07) is 10.5. The van der Waals surface area contributed by atoms with Crippen molar-refractivity contribution in [3.63, 3.8) is 0 Å². The fourth-order valence-corrected chi connectivity index (χ4v) is 4.62. The van der Waals surface area contributed by atoms with Crippen molar-refractivity contribution in [2.24, 2.45) is 5.10 Å². The highest BCUT2D eigenvalue weighted by molar-refractivity contribution is 14.1. The van der Waals surface area contributed by atoms with E-state index in [4.69, 9.17) is 14.3 Å². The molecule has 0 aliphatic rings. The molecule has 1 heterocycles. The lowest BCUT2D eigenvalue weighted by Crippen LogP contribution is -2.16. The first kappa shape index (κ1) is 21.0. The van der Waals surface area contributed by atoms with Gasteiger partial charge in [-0.05, 0) is 87.1 Å². The molecule has 1 aromatic heterocycles. The Morgan fingerprint density at radius 2 is 2.00 bits per heavy atom. The normalized spacial score (nSPS) is 11.1. The Morgan fingerprint density at radius 1 is 1.21 bits per heavy atom. The number of nitrogens with one attached hydrogen (secondary N) is 1. The Labute approximate surface area is 194 Å². The molecule has 0 saturated heterocycles. The summed E-state index contributed by atoms with van der Waals surface area (Å²) in [5.41, 5.74) is 3.79. The number of carboxylic acids is 1. The van der Waals surface area contributed by atoms with E-state index in [-0.39, 0.29) is 5.76 Å². The number of hydrogen-bond donors (Lipinski definition) is 2. The maximum absolute atomic E-state index is 12.3. The van der Waals surface area contributed by atoms with Gasteiger partial charge in [0.2, 0.25) is 0 Å². The molecule has 0 atom stereocenters. The van der Waals surface area contributed by atoms with Gasteiger partial charge in [-0.25, -0.2) is 10.2 Å². The predicted octanol–water partition coefficient (Wildman–Crippen LogP) is 4.63. The van der Waals surface area contributed by atoms with Gasteiger partial charge in [0.1, 0.15) is 11.3 Å². The third-order valence-corrected chi connectivity index (χ3v) is 5.55. The average Bonchev–Trinajstić information content (AvgIpc) is 3.05. The third kappa shape index (κ3) is 5.23. The van der Waals surface area contributed by atoms with Crippen molar-refractivity contribution in [2.75, 3.05) is 6.61 Å². The van der Waals surface area contributed by atoms with Crippen LogP contribution in [-0.4, -0.2) is 29.8 Å². The molecule has 10 heteroatoms. The summed E-state index contributed by atoms with van der Waals surface area (Å²) in [7, 11) is 0. The zero-order valence-electron chi connectivity index (χ0n) is 13.9. The first-order valence-corrected chi connectivity index (χ1v) is 10.6. The van der Waals surface area contributed by atoms with Gasteiger partial charge in [-0.2, -0.15) is 5.10 Å². The molecule has 7 nitrogen and oxygen atoms in total. The van der Waals surface area contributed by atoms with Crippen LogP contribution in [0.5, 0.6) is 5.75 Å². The van der Waals surface area contributed by atoms with Crippen molar-refractivity contribution < 1.29 is 23.8 Å². The van der Waals surface area contributed by atoms with Crippen molar-refractivity contribution in [1.29, 1.82) is 0 Å². The second kappa shape index (κ2) is 9.22. The molecule has 3 rings (SSSR count). The van der Waals surface area contributed by atoms with E-state index in [9.17, 15) is 9.59 Å². The Bertz CT molecular complexity index is 1100. The molecule has 2 aromatic carbocycles. The summed E-state index contributed by atoms with van der Waals surface area (Å²) < 4.78 is 13.3. The van der Waals surface area contributed by atoms with E-state index in [1.807, 2.05) is 34.7 Å². The molecular formula is C18H11BrI2N2O5. The molecule has 0 aliphatic heterocycles. The van der Waals surface area contributed by atoms with E-state index in [0.717, 1.165) is 22.6 Å². The van der Waals surface area contributed by atoms with E-state index in [2.05, 4.69) is 49.0 Å². The topological polar surface area (TPSA) is 101 Å². The maximum Gasteiger partial charge on any atom is 0.341 e. The van der Waals surface area contributed by atoms with Crippen LogP contribution in [0.15, 0.2) is 50.4 Å². The van der Waals surface area contributed by atoms with Crippen LogP contribution in [0.3, 0.4) is 0 Å². The van der Waals surface area contributed by atoms with E-state index in [0.29, 0.717) is 11.3 Å². The monoisotopic (exact) mass is 668 g/mol. The summed E-state index contributed by atoms with van der Waals surface area (Å²) in [6.07, 6.45) is 1.48. The summed E-state index contributed by atoms with van der Waals surface area (Å²) in [5.74, 6) is -0.880. The molecule has 144 valence electrons. The molecule has 0 aliphatic carbocycles. The zero-order valence-corrected chi connectivity index (χ0v) is 19.8. The van der Waals surface area contributed by atoms with Gasteiger partial charge in [0, 0.05) is 9.86 Å². The van der Waals surface area contributed by atoms with Crippen molar-refractivity contribution >= 4 is 90.2 Å². The fraction of sp³-hybridized carbons (Fsp3) is 0.0556. The number of hydrogen-bond acceptors (Lipinski definition) is 5. The number of carboxylic acid groups (broad SMARTS) is 1. The molecule has 2 N–H and O–H groups in total. The fourth-order valence-electron chi connectivity index (χ4n) is 2.26. The average molecular weight is 669 g/mol. The molecule has 28 heavy (non-hydrogen) atoms. The quantitative estimate of drug-likeness (QED) is 0.227. The lowest BCUT2D eigenvalue weighted by atomic mass is 10.2. The second-order valence-corrected chi connectivity index (χ2v) is 8.73. The van der Waals surface area contributed by atoms with Crippen LogP contribution in [0.4, 0.5) is 0 Å². The van der Waals surface area contributed by atoms with Gasteiger partial charge < -0.3 is 14.3 Å². The Morgan fingerprint density at radius 3 is 2.71 bits per heavy atom. The van der Waals surface area contributed by atoms with Gasteiger partial charge in [0.25, 0.3) is 0 Å². The number of rotatable bonds is 6.